The van der Waals surface area contributed by atoms with Crippen molar-refractivity contribution in [3.63, 3.8) is 0 Å². The number of hydrogen-bond acceptors (Lipinski definition) is 4. The summed E-state index contributed by atoms with van der Waals surface area (Å²) >= 11 is 1.65. The van der Waals surface area contributed by atoms with Gasteiger partial charge in [-0.1, -0.05) is 78.0 Å². The van der Waals surface area contributed by atoms with E-state index >= 15 is 0 Å². The zero-order valence-corrected chi connectivity index (χ0v) is 17.4. The second-order valence-corrected chi connectivity index (χ2v) is 7.87. The number of thioether (sulfide) groups is 1. The van der Waals surface area contributed by atoms with Crippen LogP contribution in [0.4, 0.5) is 0 Å². The van der Waals surface area contributed by atoms with E-state index < -0.39 is 0 Å². The van der Waals surface area contributed by atoms with Crippen LogP contribution < -0.4 is 4.74 Å². The number of rotatable bonds is 7. The van der Waals surface area contributed by atoms with Gasteiger partial charge in [0, 0.05) is 17.0 Å². The lowest BCUT2D eigenvalue weighted by Crippen LogP contribution is -2.04. The summed E-state index contributed by atoms with van der Waals surface area (Å²) in [6.07, 6.45) is 0. The first-order chi connectivity index (χ1) is 14.2. The minimum absolute atomic E-state index is 0.608. The van der Waals surface area contributed by atoms with E-state index in [1.54, 1.807) is 11.8 Å². The van der Waals surface area contributed by atoms with Crippen LogP contribution >= 0.6 is 11.8 Å². The Kier molecular flexibility index (Phi) is 5.96. The molecule has 29 heavy (non-hydrogen) atoms. The maximum absolute atomic E-state index is 5.93. The van der Waals surface area contributed by atoms with Crippen LogP contribution in [-0.2, 0) is 0 Å². The third kappa shape index (κ3) is 4.51. The summed E-state index contributed by atoms with van der Waals surface area (Å²) in [6.45, 7) is 4.76. The highest BCUT2D eigenvalue weighted by atomic mass is 32.2. The number of hydrogen-bond donors (Lipinski definition) is 0. The third-order valence-corrected chi connectivity index (χ3v) is 5.52. The van der Waals surface area contributed by atoms with Crippen LogP contribution in [0.25, 0.3) is 17.1 Å². The summed E-state index contributed by atoms with van der Waals surface area (Å²) in [5.74, 6) is 2.56. The van der Waals surface area contributed by atoms with Crippen molar-refractivity contribution in [3.05, 3.63) is 90.0 Å². The standard InChI is InChI=1S/C24H23N3OS/c1-18-12-14-21(15-13-18)27-23(20-9-4-3-5-10-20)25-26-24(27)29-17-16-28-22-11-7-6-8-19(22)2/h3-15H,16-17H2,1-2H3. The average Bonchev–Trinajstić information content (AvgIpc) is 3.17. The normalized spacial score (nSPS) is 10.8. The Hall–Kier alpha value is -3.05. The van der Waals surface area contributed by atoms with Crippen LogP contribution in [0, 0.1) is 13.8 Å². The summed E-state index contributed by atoms with van der Waals surface area (Å²) in [7, 11) is 0. The highest BCUT2D eigenvalue weighted by molar-refractivity contribution is 7.99. The number of benzene rings is 3. The predicted molar refractivity (Wildman–Crippen MR) is 119 cm³/mol. The first-order valence-corrected chi connectivity index (χ1v) is 10.6. The van der Waals surface area contributed by atoms with Crippen LogP contribution in [0.15, 0.2) is 84.0 Å². The quantitative estimate of drug-likeness (QED) is 0.293. The van der Waals surface area contributed by atoms with Gasteiger partial charge in [-0.25, -0.2) is 0 Å². The molecule has 0 bridgehead atoms. The van der Waals surface area contributed by atoms with E-state index in [-0.39, 0.29) is 0 Å². The van der Waals surface area contributed by atoms with Gasteiger partial charge in [0.25, 0.3) is 0 Å². The van der Waals surface area contributed by atoms with Gasteiger partial charge >= 0.3 is 0 Å². The van der Waals surface area contributed by atoms with Crippen LogP contribution in [0.5, 0.6) is 5.75 Å². The van der Waals surface area contributed by atoms with Crippen molar-refractivity contribution >= 4 is 11.8 Å². The monoisotopic (exact) mass is 401 g/mol. The van der Waals surface area contributed by atoms with E-state index in [9.17, 15) is 0 Å². The molecule has 1 heterocycles. The fraction of sp³-hybridized carbons (Fsp3) is 0.167. The molecule has 0 atom stereocenters. The van der Waals surface area contributed by atoms with E-state index in [0.717, 1.165) is 39.3 Å². The molecule has 0 amide bonds. The Morgan fingerprint density at radius 2 is 1.55 bits per heavy atom. The zero-order valence-electron chi connectivity index (χ0n) is 16.6. The fourth-order valence-electron chi connectivity index (χ4n) is 3.07. The lowest BCUT2D eigenvalue weighted by Gasteiger charge is -2.11. The molecule has 146 valence electrons. The second kappa shape index (κ2) is 8.97. The Labute approximate surface area is 175 Å². The molecule has 4 rings (SSSR count). The SMILES string of the molecule is Cc1ccc(-n2c(SCCOc3ccccc3C)nnc2-c2ccccc2)cc1. The molecule has 0 aliphatic rings. The van der Waals surface area contributed by atoms with Gasteiger partial charge in [-0.2, -0.15) is 0 Å². The van der Waals surface area contributed by atoms with E-state index in [4.69, 9.17) is 4.74 Å². The van der Waals surface area contributed by atoms with E-state index in [0.29, 0.717) is 6.61 Å². The van der Waals surface area contributed by atoms with Gasteiger partial charge in [-0.3, -0.25) is 4.57 Å². The highest BCUT2D eigenvalue weighted by Crippen LogP contribution is 2.28. The number of nitrogens with zero attached hydrogens (tertiary/aromatic N) is 3. The summed E-state index contributed by atoms with van der Waals surface area (Å²) < 4.78 is 8.05. The number of aromatic nitrogens is 3. The minimum Gasteiger partial charge on any atom is -0.492 e. The van der Waals surface area contributed by atoms with Gasteiger partial charge in [-0.15, -0.1) is 10.2 Å². The smallest absolute Gasteiger partial charge is 0.196 e. The van der Waals surface area contributed by atoms with Crippen LogP contribution in [0.2, 0.25) is 0 Å². The molecule has 4 aromatic rings. The molecule has 1 aromatic heterocycles. The van der Waals surface area contributed by atoms with Crippen LogP contribution in [0.3, 0.4) is 0 Å². The van der Waals surface area contributed by atoms with Crippen LogP contribution in [0.1, 0.15) is 11.1 Å². The van der Waals surface area contributed by atoms with E-state index in [1.165, 1.54) is 5.56 Å². The molecule has 0 aliphatic carbocycles. The van der Waals surface area contributed by atoms with Crippen molar-refractivity contribution in [2.75, 3.05) is 12.4 Å². The van der Waals surface area contributed by atoms with Gasteiger partial charge < -0.3 is 4.74 Å². The summed E-state index contributed by atoms with van der Waals surface area (Å²) in [5.41, 5.74) is 4.47. The van der Waals surface area contributed by atoms with Gasteiger partial charge in [0.05, 0.1) is 6.61 Å². The first-order valence-electron chi connectivity index (χ1n) is 9.61. The Morgan fingerprint density at radius 1 is 0.828 bits per heavy atom. The summed E-state index contributed by atoms with van der Waals surface area (Å²) in [6, 6.07) is 26.7. The van der Waals surface area contributed by atoms with Crippen molar-refractivity contribution in [1.29, 1.82) is 0 Å². The van der Waals surface area contributed by atoms with Crippen molar-refractivity contribution in [2.45, 2.75) is 19.0 Å². The van der Waals surface area contributed by atoms with Crippen molar-refractivity contribution in [1.82, 2.24) is 14.8 Å². The first kappa shape index (κ1) is 19.3. The fourth-order valence-corrected chi connectivity index (χ4v) is 3.84. The molecule has 0 aliphatic heterocycles. The third-order valence-electron chi connectivity index (χ3n) is 4.62. The van der Waals surface area contributed by atoms with Gasteiger partial charge in [0.1, 0.15) is 5.75 Å². The van der Waals surface area contributed by atoms with Gasteiger partial charge in [0.15, 0.2) is 11.0 Å². The minimum atomic E-state index is 0.608. The number of aryl methyl sites for hydroxylation is 2. The molecule has 0 saturated heterocycles. The largest absolute Gasteiger partial charge is 0.492 e. The van der Waals surface area contributed by atoms with Gasteiger partial charge in [-0.05, 0) is 37.6 Å². The van der Waals surface area contributed by atoms with Crippen molar-refractivity contribution < 1.29 is 4.74 Å². The zero-order chi connectivity index (χ0) is 20.1. The van der Waals surface area contributed by atoms with E-state index in [1.807, 2.05) is 36.4 Å². The summed E-state index contributed by atoms with van der Waals surface area (Å²) in [4.78, 5) is 0. The number of ether oxygens (including phenoxy) is 1. The molecule has 5 heteroatoms. The Balaban J connectivity index is 1.56. The predicted octanol–water partition coefficient (Wildman–Crippen LogP) is 5.72. The van der Waals surface area contributed by atoms with E-state index in [2.05, 4.69) is 71.1 Å². The topological polar surface area (TPSA) is 39.9 Å². The molecule has 3 aromatic carbocycles. The lowest BCUT2D eigenvalue weighted by atomic mass is 10.2. The second-order valence-electron chi connectivity index (χ2n) is 6.81. The molecular weight excluding hydrogens is 378 g/mol. The van der Waals surface area contributed by atoms with Gasteiger partial charge in [0.2, 0.25) is 0 Å². The average molecular weight is 402 g/mol. The molecule has 0 unspecified atom stereocenters. The molecule has 4 nitrogen and oxygen atoms in total. The molecule has 0 radical (unpaired) electrons. The molecular formula is C24H23N3OS. The molecule has 0 fully saturated rings. The lowest BCUT2D eigenvalue weighted by molar-refractivity contribution is 0.341. The van der Waals surface area contributed by atoms with Crippen molar-refractivity contribution in [2.24, 2.45) is 0 Å². The van der Waals surface area contributed by atoms with Crippen LogP contribution in [-0.4, -0.2) is 27.1 Å². The Bertz CT molecular complexity index is 1070. The molecule has 0 spiro atoms. The number of para-hydroxylation sites is 1. The van der Waals surface area contributed by atoms with Crippen molar-refractivity contribution in [3.8, 4) is 22.8 Å². The summed E-state index contributed by atoms with van der Waals surface area (Å²) in [5, 5.41) is 9.82. The maximum Gasteiger partial charge on any atom is 0.196 e. The molecule has 0 N–H and O–H groups in total. The maximum atomic E-state index is 5.93. The Morgan fingerprint density at radius 3 is 2.31 bits per heavy atom. The highest BCUT2D eigenvalue weighted by Gasteiger charge is 2.16. The molecule has 0 saturated carbocycles.